The van der Waals surface area contributed by atoms with Crippen molar-refractivity contribution < 1.29 is 19.5 Å². The Bertz CT molecular complexity index is 356. The number of carboxylic acid groups (broad SMARTS) is 1. The highest BCUT2D eigenvalue weighted by atomic mass is 16.4. The predicted octanol–water partition coefficient (Wildman–Crippen LogP) is -0.245. The molecular weight excluding hydrogens is 238 g/mol. The van der Waals surface area contributed by atoms with Crippen molar-refractivity contribution in [3.8, 4) is 0 Å². The van der Waals surface area contributed by atoms with Crippen molar-refractivity contribution in [3.05, 3.63) is 0 Å². The zero-order chi connectivity index (χ0) is 13.9. The number of urea groups is 1. The number of aliphatic carboxylic acids is 1. The Balaban J connectivity index is 2.69. The molecule has 7 heteroatoms. The van der Waals surface area contributed by atoms with E-state index in [0.717, 1.165) is 0 Å². The zero-order valence-electron chi connectivity index (χ0n) is 10.5. The van der Waals surface area contributed by atoms with Crippen LogP contribution in [-0.4, -0.2) is 46.5 Å². The minimum Gasteiger partial charge on any atom is -0.480 e. The molecule has 0 aliphatic carbocycles. The van der Waals surface area contributed by atoms with Gasteiger partial charge in [0.1, 0.15) is 12.1 Å². The third-order valence-electron chi connectivity index (χ3n) is 3.05. The summed E-state index contributed by atoms with van der Waals surface area (Å²) >= 11 is 0. The van der Waals surface area contributed by atoms with Gasteiger partial charge in [-0.25, -0.2) is 9.59 Å². The van der Waals surface area contributed by atoms with Gasteiger partial charge in [0.05, 0.1) is 0 Å². The number of hydrogen-bond donors (Lipinski definition) is 3. The summed E-state index contributed by atoms with van der Waals surface area (Å²) in [5, 5.41) is 11.4. The summed E-state index contributed by atoms with van der Waals surface area (Å²) in [6.45, 7) is 3.83. The van der Waals surface area contributed by atoms with Gasteiger partial charge in [0.2, 0.25) is 5.91 Å². The van der Waals surface area contributed by atoms with E-state index in [9.17, 15) is 14.4 Å². The van der Waals surface area contributed by atoms with E-state index in [0.29, 0.717) is 19.4 Å². The van der Waals surface area contributed by atoms with Gasteiger partial charge in [-0.2, -0.15) is 0 Å². The smallest absolute Gasteiger partial charge is 0.326 e. The molecule has 2 unspecified atom stereocenters. The van der Waals surface area contributed by atoms with E-state index in [1.807, 2.05) is 0 Å². The van der Waals surface area contributed by atoms with Gasteiger partial charge < -0.3 is 21.1 Å². The highest BCUT2D eigenvalue weighted by Crippen LogP contribution is 2.17. The van der Waals surface area contributed by atoms with E-state index in [-0.39, 0.29) is 5.92 Å². The Hall–Kier alpha value is -1.79. The molecule has 2 atom stereocenters. The summed E-state index contributed by atoms with van der Waals surface area (Å²) < 4.78 is 0. The predicted molar refractivity (Wildman–Crippen MR) is 63.7 cm³/mol. The number of rotatable bonds is 4. The number of nitrogens with zero attached hydrogens (tertiary/aromatic N) is 1. The van der Waals surface area contributed by atoms with Crippen LogP contribution in [0.5, 0.6) is 0 Å². The van der Waals surface area contributed by atoms with Crippen LogP contribution >= 0.6 is 0 Å². The average molecular weight is 257 g/mol. The molecule has 7 nitrogen and oxygen atoms in total. The summed E-state index contributed by atoms with van der Waals surface area (Å²) in [4.78, 5) is 35.4. The standard InChI is InChI=1S/C11H19N3O4/c1-6(2)8(10(16)17)13-11(18)14-5-3-4-7(14)9(12)15/h6-8H,3-5H2,1-2H3,(H2,12,15)(H,13,18)(H,16,17). The second-order valence-electron chi connectivity index (χ2n) is 4.76. The van der Waals surface area contributed by atoms with Crippen LogP contribution in [0.15, 0.2) is 0 Å². The topological polar surface area (TPSA) is 113 Å². The Kier molecular flexibility index (Phi) is 4.52. The van der Waals surface area contributed by atoms with E-state index >= 15 is 0 Å². The first-order valence-corrected chi connectivity index (χ1v) is 5.93. The first-order valence-electron chi connectivity index (χ1n) is 5.93. The Morgan fingerprint density at radius 3 is 2.44 bits per heavy atom. The lowest BCUT2D eigenvalue weighted by Gasteiger charge is -2.26. The van der Waals surface area contributed by atoms with Crippen molar-refractivity contribution in [2.75, 3.05) is 6.54 Å². The molecule has 1 saturated heterocycles. The quantitative estimate of drug-likeness (QED) is 0.644. The molecule has 0 aromatic rings. The van der Waals surface area contributed by atoms with Crippen molar-refractivity contribution in [1.82, 2.24) is 10.2 Å². The highest BCUT2D eigenvalue weighted by molar-refractivity contribution is 5.88. The minimum atomic E-state index is -1.09. The maximum absolute atomic E-state index is 11.9. The van der Waals surface area contributed by atoms with Gasteiger partial charge in [-0.05, 0) is 18.8 Å². The molecule has 1 rings (SSSR count). The third kappa shape index (κ3) is 3.12. The molecule has 3 amide bonds. The second kappa shape index (κ2) is 5.70. The number of nitrogens with two attached hydrogens (primary N) is 1. The van der Waals surface area contributed by atoms with Crippen LogP contribution in [0.1, 0.15) is 26.7 Å². The number of carbonyl (C=O) groups is 3. The zero-order valence-corrected chi connectivity index (χ0v) is 10.5. The first-order chi connectivity index (χ1) is 8.34. The van der Waals surface area contributed by atoms with Gasteiger partial charge in [0.15, 0.2) is 0 Å². The molecule has 0 aromatic heterocycles. The van der Waals surface area contributed by atoms with E-state index < -0.39 is 30.0 Å². The van der Waals surface area contributed by atoms with Crippen LogP contribution in [0.25, 0.3) is 0 Å². The van der Waals surface area contributed by atoms with Crippen molar-refractivity contribution in [1.29, 1.82) is 0 Å². The van der Waals surface area contributed by atoms with E-state index in [1.165, 1.54) is 4.90 Å². The maximum atomic E-state index is 11.9. The largest absolute Gasteiger partial charge is 0.480 e. The third-order valence-corrected chi connectivity index (χ3v) is 3.05. The van der Waals surface area contributed by atoms with Crippen LogP contribution in [0.2, 0.25) is 0 Å². The number of amides is 3. The fourth-order valence-corrected chi connectivity index (χ4v) is 2.04. The Labute approximate surface area is 105 Å². The van der Waals surface area contributed by atoms with Crippen LogP contribution < -0.4 is 11.1 Å². The highest BCUT2D eigenvalue weighted by Gasteiger charge is 2.34. The maximum Gasteiger partial charge on any atom is 0.326 e. The van der Waals surface area contributed by atoms with Crippen molar-refractivity contribution in [2.45, 2.75) is 38.8 Å². The Morgan fingerprint density at radius 2 is 2.00 bits per heavy atom. The molecule has 1 heterocycles. The fraction of sp³-hybridized carbons (Fsp3) is 0.727. The van der Waals surface area contributed by atoms with Crippen LogP contribution in [0.4, 0.5) is 4.79 Å². The van der Waals surface area contributed by atoms with Crippen molar-refractivity contribution >= 4 is 17.9 Å². The number of primary amides is 1. The summed E-state index contributed by atoms with van der Waals surface area (Å²) in [7, 11) is 0. The van der Waals surface area contributed by atoms with Crippen LogP contribution in [0, 0.1) is 5.92 Å². The van der Waals surface area contributed by atoms with Gasteiger partial charge in [0, 0.05) is 6.54 Å². The average Bonchev–Trinajstić information content (AvgIpc) is 2.73. The molecule has 1 fully saturated rings. The summed E-state index contributed by atoms with van der Waals surface area (Å²) in [6.07, 6.45) is 1.22. The van der Waals surface area contributed by atoms with Gasteiger partial charge in [-0.15, -0.1) is 0 Å². The van der Waals surface area contributed by atoms with Gasteiger partial charge >= 0.3 is 12.0 Å². The van der Waals surface area contributed by atoms with E-state index in [4.69, 9.17) is 10.8 Å². The molecule has 0 bridgehead atoms. The number of likely N-dealkylation sites (tertiary alicyclic amines) is 1. The lowest BCUT2D eigenvalue weighted by Crippen LogP contribution is -2.53. The number of carboxylic acids is 1. The fourth-order valence-electron chi connectivity index (χ4n) is 2.04. The molecule has 0 aromatic carbocycles. The lowest BCUT2D eigenvalue weighted by molar-refractivity contribution is -0.140. The van der Waals surface area contributed by atoms with Gasteiger partial charge in [-0.3, -0.25) is 4.79 Å². The SMILES string of the molecule is CC(C)C(NC(=O)N1CCCC1C(N)=O)C(=O)O. The molecule has 0 spiro atoms. The first kappa shape index (κ1) is 14.3. The minimum absolute atomic E-state index is 0.235. The molecule has 0 saturated carbocycles. The van der Waals surface area contributed by atoms with Gasteiger partial charge in [0.25, 0.3) is 0 Å². The van der Waals surface area contributed by atoms with E-state index in [2.05, 4.69) is 5.32 Å². The molecular formula is C11H19N3O4. The monoisotopic (exact) mass is 257 g/mol. The molecule has 1 aliphatic rings. The van der Waals surface area contributed by atoms with Crippen molar-refractivity contribution in [3.63, 3.8) is 0 Å². The molecule has 102 valence electrons. The summed E-state index contributed by atoms with van der Waals surface area (Å²) in [5.41, 5.74) is 5.20. The lowest BCUT2D eigenvalue weighted by atomic mass is 10.1. The molecule has 18 heavy (non-hydrogen) atoms. The van der Waals surface area contributed by atoms with Gasteiger partial charge in [-0.1, -0.05) is 13.8 Å². The second-order valence-corrected chi connectivity index (χ2v) is 4.76. The normalized spacial score (nSPS) is 20.8. The van der Waals surface area contributed by atoms with Crippen LogP contribution in [-0.2, 0) is 9.59 Å². The summed E-state index contributed by atoms with van der Waals surface area (Å²) in [6, 6.07) is -2.14. The molecule has 0 radical (unpaired) electrons. The number of carbonyl (C=O) groups excluding carboxylic acids is 2. The van der Waals surface area contributed by atoms with Crippen molar-refractivity contribution in [2.24, 2.45) is 11.7 Å². The Morgan fingerprint density at radius 1 is 1.39 bits per heavy atom. The van der Waals surface area contributed by atoms with Crippen LogP contribution in [0.3, 0.4) is 0 Å². The van der Waals surface area contributed by atoms with E-state index in [1.54, 1.807) is 13.8 Å². The molecule has 1 aliphatic heterocycles. The molecule has 4 N–H and O–H groups in total. The number of nitrogens with one attached hydrogen (secondary N) is 1. The number of hydrogen-bond acceptors (Lipinski definition) is 3. The summed E-state index contributed by atoms with van der Waals surface area (Å²) in [5.74, 6) is -1.88.